The van der Waals surface area contributed by atoms with E-state index in [1.165, 1.54) is 0 Å². The highest BCUT2D eigenvalue weighted by molar-refractivity contribution is 5.91. The largest absolute Gasteiger partial charge is 0.444 e. The molecule has 1 atom stereocenters. The van der Waals surface area contributed by atoms with Crippen LogP contribution < -0.4 is 10.6 Å². The van der Waals surface area contributed by atoms with Crippen LogP contribution in [-0.2, 0) is 20.9 Å². The van der Waals surface area contributed by atoms with E-state index in [0.29, 0.717) is 6.54 Å². The molecule has 0 aliphatic heterocycles. The van der Waals surface area contributed by atoms with E-state index in [1.807, 2.05) is 62.4 Å². The van der Waals surface area contributed by atoms with Crippen molar-refractivity contribution in [2.24, 2.45) is 0 Å². The van der Waals surface area contributed by atoms with Crippen molar-refractivity contribution >= 4 is 17.9 Å². The molecule has 3 amide bonds. The minimum atomic E-state index is -0.795. The zero-order valence-electron chi connectivity index (χ0n) is 21.4. The number of rotatable bonds is 8. The van der Waals surface area contributed by atoms with Crippen LogP contribution in [0.3, 0.4) is 0 Å². The molecule has 0 aromatic heterocycles. The van der Waals surface area contributed by atoms with Gasteiger partial charge in [0, 0.05) is 12.6 Å². The summed E-state index contributed by atoms with van der Waals surface area (Å²) in [6.45, 7) is 9.40. The Kier molecular flexibility index (Phi) is 8.54. The highest BCUT2D eigenvalue weighted by Gasteiger charge is 2.39. The lowest BCUT2D eigenvalue weighted by atomic mass is 9.87. The Bertz CT molecular complexity index is 1040. The van der Waals surface area contributed by atoms with Gasteiger partial charge in [0.15, 0.2) is 0 Å². The SMILES string of the molecule is Cc1cccc(C(C(=O)NCc2ccccc2)N(C(=O)CNC(=O)OC(C)(C)C)C2CCC2)c1C. The van der Waals surface area contributed by atoms with Gasteiger partial charge in [0.2, 0.25) is 11.8 Å². The first kappa shape index (κ1) is 26.3. The van der Waals surface area contributed by atoms with E-state index in [0.717, 1.165) is 41.5 Å². The summed E-state index contributed by atoms with van der Waals surface area (Å²) in [4.78, 5) is 41.0. The van der Waals surface area contributed by atoms with Crippen LogP contribution >= 0.6 is 0 Å². The average molecular weight is 480 g/mol. The first-order valence-corrected chi connectivity index (χ1v) is 12.2. The van der Waals surface area contributed by atoms with Crippen LogP contribution in [0.15, 0.2) is 48.5 Å². The number of amides is 3. The molecule has 2 N–H and O–H groups in total. The Morgan fingerprint density at radius 2 is 1.69 bits per heavy atom. The van der Waals surface area contributed by atoms with E-state index in [4.69, 9.17) is 4.74 Å². The maximum absolute atomic E-state index is 13.7. The fourth-order valence-electron chi connectivity index (χ4n) is 4.15. The molecule has 0 radical (unpaired) electrons. The molecule has 3 rings (SSSR count). The van der Waals surface area contributed by atoms with Gasteiger partial charge in [0.05, 0.1) is 0 Å². The Hall–Kier alpha value is -3.35. The first-order chi connectivity index (χ1) is 16.6. The number of nitrogens with zero attached hydrogens (tertiary/aromatic N) is 1. The van der Waals surface area contributed by atoms with Crippen molar-refractivity contribution in [3.8, 4) is 0 Å². The molecular weight excluding hydrogens is 442 g/mol. The van der Waals surface area contributed by atoms with Gasteiger partial charge in [-0.2, -0.15) is 0 Å². The number of carbonyl (C=O) groups excluding carboxylic acids is 3. The lowest BCUT2D eigenvalue weighted by molar-refractivity contribution is -0.145. The summed E-state index contributed by atoms with van der Waals surface area (Å²) >= 11 is 0. The minimum Gasteiger partial charge on any atom is -0.444 e. The van der Waals surface area contributed by atoms with Crippen molar-refractivity contribution in [2.45, 2.75) is 78.1 Å². The summed E-state index contributed by atoms with van der Waals surface area (Å²) in [5, 5.41) is 5.60. The molecule has 2 aromatic rings. The second-order valence-corrected chi connectivity index (χ2v) is 10.1. The molecule has 188 valence electrons. The molecule has 2 aromatic carbocycles. The molecule has 0 saturated heterocycles. The van der Waals surface area contributed by atoms with Crippen LogP contribution in [0.4, 0.5) is 4.79 Å². The molecule has 1 saturated carbocycles. The molecule has 0 spiro atoms. The van der Waals surface area contributed by atoms with Gasteiger partial charge >= 0.3 is 6.09 Å². The minimum absolute atomic E-state index is 0.0599. The lowest BCUT2D eigenvalue weighted by Crippen LogP contribution is -2.54. The van der Waals surface area contributed by atoms with E-state index in [-0.39, 0.29) is 24.4 Å². The maximum Gasteiger partial charge on any atom is 0.408 e. The summed E-state index contributed by atoms with van der Waals surface area (Å²) in [6, 6.07) is 14.7. The molecule has 0 bridgehead atoms. The van der Waals surface area contributed by atoms with Crippen molar-refractivity contribution in [3.63, 3.8) is 0 Å². The highest BCUT2D eigenvalue weighted by Crippen LogP contribution is 2.34. The molecular formula is C28H37N3O4. The lowest BCUT2D eigenvalue weighted by Gasteiger charge is -2.42. The Morgan fingerprint density at radius 3 is 2.29 bits per heavy atom. The predicted molar refractivity (Wildman–Crippen MR) is 136 cm³/mol. The van der Waals surface area contributed by atoms with Gasteiger partial charge in [-0.25, -0.2) is 4.79 Å². The number of alkyl carbamates (subject to hydrolysis) is 1. The van der Waals surface area contributed by atoms with E-state index in [1.54, 1.807) is 25.7 Å². The summed E-state index contributed by atoms with van der Waals surface area (Å²) in [5.41, 5.74) is 3.14. The Morgan fingerprint density at radius 1 is 1.00 bits per heavy atom. The van der Waals surface area contributed by atoms with Gasteiger partial charge in [-0.3, -0.25) is 9.59 Å². The van der Waals surface area contributed by atoms with Crippen molar-refractivity contribution in [3.05, 3.63) is 70.8 Å². The third kappa shape index (κ3) is 7.07. The number of aryl methyl sites for hydroxylation is 1. The van der Waals surface area contributed by atoms with Crippen LogP contribution in [0.2, 0.25) is 0 Å². The second-order valence-electron chi connectivity index (χ2n) is 10.1. The van der Waals surface area contributed by atoms with Crippen LogP contribution in [0.5, 0.6) is 0 Å². The Labute approximate surface area is 208 Å². The summed E-state index contributed by atoms with van der Waals surface area (Å²) in [6.07, 6.45) is 1.99. The summed E-state index contributed by atoms with van der Waals surface area (Å²) in [7, 11) is 0. The van der Waals surface area contributed by atoms with E-state index < -0.39 is 17.7 Å². The van der Waals surface area contributed by atoms with Crippen LogP contribution in [-0.4, -0.2) is 41.0 Å². The average Bonchev–Trinajstić information content (AvgIpc) is 2.76. The number of hydrogen-bond acceptors (Lipinski definition) is 4. The maximum atomic E-state index is 13.7. The van der Waals surface area contributed by atoms with Gasteiger partial charge in [-0.15, -0.1) is 0 Å². The number of nitrogens with one attached hydrogen (secondary N) is 2. The predicted octanol–water partition coefficient (Wildman–Crippen LogP) is 4.57. The highest BCUT2D eigenvalue weighted by atomic mass is 16.6. The summed E-state index contributed by atoms with van der Waals surface area (Å²) in [5.74, 6) is -0.540. The van der Waals surface area contributed by atoms with E-state index in [2.05, 4.69) is 10.6 Å². The van der Waals surface area contributed by atoms with Gasteiger partial charge in [0.1, 0.15) is 18.2 Å². The van der Waals surface area contributed by atoms with E-state index >= 15 is 0 Å². The van der Waals surface area contributed by atoms with Crippen molar-refractivity contribution in [1.82, 2.24) is 15.5 Å². The quantitative estimate of drug-likeness (QED) is 0.581. The van der Waals surface area contributed by atoms with Gasteiger partial charge in [0.25, 0.3) is 0 Å². The summed E-state index contributed by atoms with van der Waals surface area (Å²) < 4.78 is 5.28. The second kappa shape index (κ2) is 11.4. The molecule has 0 heterocycles. The fourth-order valence-corrected chi connectivity index (χ4v) is 4.15. The van der Waals surface area contributed by atoms with Crippen LogP contribution in [0.1, 0.15) is 68.3 Å². The number of ether oxygens (including phenoxy) is 1. The molecule has 1 unspecified atom stereocenters. The fraction of sp³-hybridized carbons (Fsp3) is 0.464. The van der Waals surface area contributed by atoms with Crippen molar-refractivity contribution in [1.29, 1.82) is 0 Å². The van der Waals surface area contributed by atoms with Crippen molar-refractivity contribution < 1.29 is 19.1 Å². The monoisotopic (exact) mass is 479 g/mol. The standard InChI is InChI=1S/C28H37N3O4/c1-19-11-9-16-23(20(19)2)25(26(33)29-17-21-12-7-6-8-13-21)31(22-14-10-15-22)24(32)18-30-27(34)35-28(3,4)5/h6-9,11-13,16,22,25H,10,14-15,17-18H2,1-5H3,(H,29,33)(H,30,34). The number of hydrogen-bond donors (Lipinski definition) is 2. The smallest absolute Gasteiger partial charge is 0.408 e. The normalized spacial score (nSPS) is 14.4. The Balaban J connectivity index is 1.88. The first-order valence-electron chi connectivity index (χ1n) is 12.2. The third-order valence-corrected chi connectivity index (χ3v) is 6.32. The third-order valence-electron chi connectivity index (χ3n) is 6.32. The molecule has 7 nitrogen and oxygen atoms in total. The number of carbonyl (C=O) groups is 3. The topological polar surface area (TPSA) is 87.7 Å². The molecule has 35 heavy (non-hydrogen) atoms. The van der Waals surface area contributed by atoms with Gasteiger partial charge < -0.3 is 20.3 Å². The molecule has 1 aliphatic rings. The van der Waals surface area contributed by atoms with Crippen molar-refractivity contribution in [2.75, 3.05) is 6.54 Å². The molecule has 1 fully saturated rings. The molecule has 1 aliphatic carbocycles. The molecule has 7 heteroatoms. The van der Waals surface area contributed by atoms with E-state index in [9.17, 15) is 14.4 Å². The van der Waals surface area contributed by atoms with Gasteiger partial charge in [-0.1, -0.05) is 48.5 Å². The zero-order chi connectivity index (χ0) is 25.6. The van der Waals surface area contributed by atoms with Crippen LogP contribution in [0.25, 0.3) is 0 Å². The van der Waals surface area contributed by atoms with Gasteiger partial charge in [-0.05, 0) is 76.1 Å². The number of benzene rings is 2. The van der Waals surface area contributed by atoms with Crippen LogP contribution in [0, 0.1) is 13.8 Å². The zero-order valence-corrected chi connectivity index (χ0v) is 21.4.